The third-order valence-electron chi connectivity index (χ3n) is 4.34. The molecule has 0 spiro atoms. The Morgan fingerprint density at radius 1 is 1.14 bits per heavy atom. The van der Waals surface area contributed by atoms with E-state index in [0.29, 0.717) is 32.1 Å². The minimum Gasteiger partial charge on any atom is -0.490 e. The summed E-state index contributed by atoms with van der Waals surface area (Å²) < 4.78 is 13.4. The Balaban J connectivity index is 1.44. The van der Waals surface area contributed by atoms with Gasteiger partial charge in [0.05, 0.1) is 13.2 Å². The van der Waals surface area contributed by atoms with Gasteiger partial charge in [0.1, 0.15) is 5.82 Å². The lowest BCUT2D eigenvalue weighted by Crippen LogP contribution is -2.31. The van der Waals surface area contributed by atoms with E-state index < -0.39 is 0 Å². The Hall–Kier alpha value is -3.29. The van der Waals surface area contributed by atoms with Gasteiger partial charge in [-0.1, -0.05) is 6.07 Å². The quantitative estimate of drug-likeness (QED) is 0.523. The van der Waals surface area contributed by atoms with Gasteiger partial charge in [0, 0.05) is 43.9 Å². The molecular formula is C20H24N6O2. The zero-order chi connectivity index (χ0) is 19.2. The molecule has 1 aromatic carbocycles. The third-order valence-corrected chi connectivity index (χ3v) is 4.34. The Bertz CT molecular complexity index is 968. The van der Waals surface area contributed by atoms with Crippen LogP contribution < -0.4 is 20.1 Å². The molecular weight excluding hydrogens is 356 g/mol. The van der Waals surface area contributed by atoms with Crippen molar-refractivity contribution in [3.63, 3.8) is 0 Å². The average molecular weight is 380 g/mol. The summed E-state index contributed by atoms with van der Waals surface area (Å²) in [5, 5.41) is 15.0. The van der Waals surface area contributed by atoms with E-state index in [2.05, 4.69) is 25.8 Å². The zero-order valence-corrected chi connectivity index (χ0v) is 15.9. The summed E-state index contributed by atoms with van der Waals surface area (Å²) in [5.74, 6) is 3.15. The lowest BCUT2D eigenvalue weighted by Gasteiger charge is -2.13. The number of rotatable bonds is 5. The maximum absolute atomic E-state index is 5.76. The number of pyridine rings is 1. The molecule has 0 radical (unpaired) electrons. The van der Waals surface area contributed by atoms with Crippen molar-refractivity contribution in [3.8, 4) is 11.5 Å². The van der Waals surface area contributed by atoms with E-state index >= 15 is 0 Å². The van der Waals surface area contributed by atoms with Gasteiger partial charge in [-0.25, -0.2) is 0 Å². The van der Waals surface area contributed by atoms with Crippen LogP contribution in [0.4, 0.5) is 5.69 Å². The molecule has 3 aromatic rings. The molecule has 146 valence electrons. The van der Waals surface area contributed by atoms with Crippen molar-refractivity contribution < 1.29 is 9.47 Å². The highest BCUT2D eigenvalue weighted by Crippen LogP contribution is 2.32. The van der Waals surface area contributed by atoms with Gasteiger partial charge in [-0.3, -0.25) is 9.39 Å². The topological polar surface area (TPSA) is 85.1 Å². The SMILES string of the molecule is CCNC(=NCCc1nnc2ccccn12)Nc1ccc2c(c1)OCCCO2. The van der Waals surface area contributed by atoms with E-state index in [9.17, 15) is 0 Å². The number of anilines is 1. The highest BCUT2D eigenvalue weighted by atomic mass is 16.5. The summed E-state index contributed by atoms with van der Waals surface area (Å²) in [5.41, 5.74) is 1.75. The number of benzene rings is 1. The summed E-state index contributed by atoms with van der Waals surface area (Å²) >= 11 is 0. The van der Waals surface area contributed by atoms with E-state index in [0.717, 1.165) is 41.6 Å². The van der Waals surface area contributed by atoms with Crippen molar-refractivity contribution >= 4 is 17.3 Å². The van der Waals surface area contributed by atoms with Crippen LogP contribution in [0.25, 0.3) is 5.65 Å². The first-order chi connectivity index (χ1) is 13.8. The number of guanidine groups is 1. The van der Waals surface area contributed by atoms with Crippen LogP contribution in [-0.2, 0) is 6.42 Å². The van der Waals surface area contributed by atoms with Crippen molar-refractivity contribution in [3.05, 3.63) is 48.4 Å². The van der Waals surface area contributed by atoms with Crippen LogP contribution in [0.2, 0.25) is 0 Å². The highest BCUT2D eigenvalue weighted by molar-refractivity contribution is 5.93. The first kappa shape index (κ1) is 18.1. The number of aromatic nitrogens is 3. The molecule has 0 saturated heterocycles. The van der Waals surface area contributed by atoms with Crippen LogP contribution in [0, 0.1) is 0 Å². The van der Waals surface area contributed by atoms with Gasteiger partial charge < -0.3 is 20.1 Å². The smallest absolute Gasteiger partial charge is 0.195 e. The first-order valence-electron chi connectivity index (χ1n) is 9.57. The molecule has 0 amide bonds. The van der Waals surface area contributed by atoms with Crippen LogP contribution >= 0.6 is 0 Å². The summed E-state index contributed by atoms with van der Waals surface area (Å²) in [6, 6.07) is 11.7. The molecule has 28 heavy (non-hydrogen) atoms. The fourth-order valence-electron chi connectivity index (χ4n) is 3.01. The normalized spacial score (nSPS) is 14.0. The van der Waals surface area contributed by atoms with E-state index in [1.54, 1.807) is 0 Å². The van der Waals surface area contributed by atoms with Gasteiger partial charge in [-0.15, -0.1) is 10.2 Å². The van der Waals surface area contributed by atoms with Crippen molar-refractivity contribution in [2.45, 2.75) is 19.8 Å². The largest absolute Gasteiger partial charge is 0.490 e. The van der Waals surface area contributed by atoms with Crippen molar-refractivity contribution in [1.82, 2.24) is 19.9 Å². The molecule has 0 unspecified atom stereocenters. The number of aliphatic imine (C=N–C) groups is 1. The first-order valence-corrected chi connectivity index (χ1v) is 9.57. The number of nitrogens with zero attached hydrogens (tertiary/aromatic N) is 4. The molecule has 8 nitrogen and oxygen atoms in total. The monoisotopic (exact) mass is 380 g/mol. The summed E-state index contributed by atoms with van der Waals surface area (Å²) in [6.07, 6.45) is 3.55. The van der Waals surface area contributed by atoms with Crippen LogP contribution in [-0.4, -0.2) is 46.9 Å². The number of fused-ring (bicyclic) bond motifs is 2. The fraction of sp³-hybridized carbons (Fsp3) is 0.350. The van der Waals surface area contributed by atoms with E-state index in [-0.39, 0.29) is 0 Å². The molecule has 8 heteroatoms. The molecule has 2 N–H and O–H groups in total. The molecule has 0 saturated carbocycles. The molecule has 3 heterocycles. The minimum absolute atomic E-state index is 0.593. The van der Waals surface area contributed by atoms with Crippen LogP contribution in [0.5, 0.6) is 11.5 Å². The molecule has 0 aliphatic carbocycles. The molecule has 1 aliphatic heterocycles. The molecule has 1 aliphatic rings. The maximum atomic E-state index is 5.76. The van der Waals surface area contributed by atoms with Gasteiger partial charge in [0.25, 0.3) is 0 Å². The number of hydrogen-bond acceptors (Lipinski definition) is 5. The average Bonchev–Trinajstić information content (AvgIpc) is 2.97. The molecule has 0 fully saturated rings. The van der Waals surface area contributed by atoms with Gasteiger partial charge in [0.15, 0.2) is 23.1 Å². The number of ether oxygens (including phenoxy) is 2. The minimum atomic E-state index is 0.593. The number of hydrogen-bond donors (Lipinski definition) is 2. The van der Waals surface area contributed by atoms with E-state index in [4.69, 9.17) is 9.47 Å². The van der Waals surface area contributed by atoms with Gasteiger partial charge in [0.2, 0.25) is 0 Å². The van der Waals surface area contributed by atoms with Crippen LogP contribution in [0.15, 0.2) is 47.6 Å². The summed E-state index contributed by atoms with van der Waals surface area (Å²) in [7, 11) is 0. The second kappa shape index (κ2) is 8.60. The van der Waals surface area contributed by atoms with Gasteiger partial charge in [-0.2, -0.15) is 0 Å². The van der Waals surface area contributed by atoms with Crippen LogP contribution in [0.3, 0.4) is 0 Å². The maximum Gasteiger partial charge on any atom is 0.195 e. The van der Waals surface area contributed by atoms with Crippen molar-refractivity contribution in [2.24, 2.45) is 4.99 Å². The predicted molar refractivity (Wildman–Crippen MR) is 108 cm³/mol. The standard InChI is InChI=1S/C20H24N6O2/c1-2-21-20(22-10-9-19-25-24-18-6-3-4-11-26(18)19)23-15-7-8-16-17(14-15)28-13-5-12-27-16/h3-4,6-8,11,14H,2,5,9-10,12-13H2,1H3,(H2,21,22,23). The Labute approximate surface area is 163 Å². The molecule has 0 atom stereocenters. The summed E-state index contributed by atoms with van der Waals surface area (Å²) in [6.45, 7) is 4.75. The lowest BCUT2D eigenvalue weighted by atomic mass is 10.3. The van der Waals surface area contributed by atoms with E-state index in [1.165, 1.54) is 0 Å². The molecule has 4 rings (SSSR count). The Morgan fingerprint density at radius 2 is 2.04 bits per heavy atom. The Morgan fingerprint density at radius 3 is 2.93 bits per heavy atom. The zero-order valence-electron chi connectivity index (χ0n) is 15.9. The Kier molecular flexibility index (Phi) is 5.56. The fourth-order valence-corrected chi connectivity index (χ4v) is 3.01. The van der Waals surface area contributed by atoms with Crippen molar-refractivity contribution in [2.75, 3.05) is 31.6 Å². The number of nitrogens with one attached hydrogen (secondary N) is 2. The van der Waals surface area contributed by atoms with Crippen LogP contribution in [0.1, 0.15) is 19.2 Å². The second-order valence-electron chi connectivity index (χ2n) is 6.39. The van der Waals surface area contributed by atoms with E-state index in [1.807, 2.05) is 53.9 Å². The van der Waals surface area contributed by atoms with Crippen molar-refractivity contribution in [1.29, 1.82) is 0 Å². The molecule has 0 bridgehead atoms. The summed E-state index contributed by atoms with van der Waals surface area (Å²) in [4.78, 5) is 4.66. The highest BCUT2D eigenvalue weighted by Gasteiger charge is 2.11. The molecule has 2 aromatic heterocycles. The van der Waals surface area contributed by atoms with Gasteiger partial charge in [-0.05, 0) is 31.2 Å². The van der Waals surface area contributed by atoms with Gasteiger partial charge >= 0.3 is 0 Å². The third kappa shape index (κ3) is 4.16. The lowest BCUT2D eigenvalue weighted by molar-refractivity contribution is 0.297. The predicted octanol–water partition coefficient (Wildman–Crippen LogP) is 2.51. The second-order valence-corrected chi connectivity index (χ2v) is 6.39.